The summed E-state index contributed by atoms with van der Waals surface area (Å²) in [6.07, 6.45) is 11.5. The highest BCUT2D eigenvalue weighted by atomic mass is 16.1. The van der Waals surface area contributed by atoms with Crippen LogP contribution in [-0.4, -0.2) is 5.78 Å². The molecule has 17 heavy (non-hydrogen) atoms. The normalized spacial score (nSPS) is 12.9. The number of carbonyl (C=O) groups excluding carboxylic acids is 1. The molecule has 0 unspecified atom stereocenters. The van der Waals surface area contributed by atoms with E-state index in [2.05, 4.69) is 32.9 Å². The second kappa shape index (κ2) is 10.3. The Morgan fingerprint density at radius 3 is 2.06 bits per heavy atom. The molecule has 0 aliphatic carbocycles. The maximum Gasteiger partial charge on any atom is 0.132 e. The summed E-state index contributed by atoms with van der Waals surface area (Å²) in [5, 5.41) is 0. The largest absolute Gasteiger partial charge is 0.300 e. The first-order valence-corrected chi connectivity index (χ1v) is 6.99. The molecule has 0 aliphatic heterocycles. The molecule has 1 heteroatoms. The fraction of sp³-hybridized carbons (Fsp3) is 0.688. The summed E-state index contributed by atoms with van der Waals surface area (Å²) in [6, 6.07) is 0. The molecule has 0 aromatic rings. The summed E-state index contributed by atoms with van der Waals surface area (Å²) in [7, 11) is 0. The Morgan fingerprint density at radius 2 is 1.53 bits per heavy atom. The molecule has 0 bridgehead atoms. The lowest BCUT2D eigenvalue weighted by atomic mass is 10.0. The van der Waals surface area contributed by atoms with Crippen molar-refractivity contribution in [2.75, 3.05) is 0 Å². The SMILES string of the molecule is CCC(=O)CCC=C(CC)CCC=C(C)CC. The molecule has 0 fully saturated rings. The maximum atomic E-state index is 11.2. The molecule has 0 aromatic carbocycles. The molecule has 1 nitrogen and oxygen atoms in total. The molecule has 98 valence electrons. The molecule has 0 N–H and O–H groups in total. The summed E-state index contributed by atoms with van der Waals surface area (Å²) < 4.78 is 0. The van der Waals surface area contributed by atoms with E-state index in [9.17, 15) is 4.79 Å². The molecule has 0 heterocycles. The van der Waals surface area contributed by atoms with Gasteiger partial charge in [-0.05, 0) is 39.0 Å². The van der Waals surface area contributed by atoms with E-state index in [1.807, 2.05) is 6.92 Å². The minimum atomic E-state index is 0.374. The summed E-state index contributed by atoms with van der Waals surface area (Å²) in [6.45, 7) is 8.52. The first-order chi connectivity index (χ1) is 8.13. The van der Waals surface area contributed by atoms with Gasteiger partial charge in [0, 0.05) is 12.8 Å². The third-order valence-electron chi connectivity index (χ3n) is 3.22. The predicted molar refractivity (Wildman–Crippen MR) is 76.2 cm³/mol. The van der Waals surface area contributed by atoms with E-state index in [4.69, 9.17) is 0 Å². The molecular weight excluding hydrogens is 208 g/mol. The van der Waals surface area contributed by atoms with Crippen LogP contribution < -0.4 is 0 Å². The van der Waals surface area contributed by atoms with Crippen LogP contribution in [0, 0.1) is 0 Å². The number of rotatable bonds is 9. The first kappa shape index (κ1) is 16.1. The van der Waals surface area contributed by atoms with Crippen molar-refractivity contribution in [3.63, 3.8) is 0 Å². The number of Topliss-reactive ketones (excluding diaryl/α,β-unsaturated/α-hetero) is 1. The van der Waals surface area contributed by atoms with E-state index in [1.54, 1.807) is 0 Å². The third kappa shape index (κ3) is 8.91. The average molecular weight is 236 g/mol. The molecular formula is C16H28O. The summed E-state index contributed by atoms with van der Waals surface area (Å²) in [5.41, 5.74) is 2.97. The molecule has 0 saturated carbocycles. The first-order valence-electron chi connectivity index (χ1n) is 6.99. The van der Waals surface area contributed by atoms with Gasteiger partial charge >= 0.3 is 0 Å². The summed E-state index contributed by atoms with van der Waals surface area (Å²) >= 11 is 0. The molecule has 0 saturated heterocycles. The zero-order chi connectivity index (χ0) is 13.1. The van der Waals surface area contributed by atoms with Gasteiger partial charge in [0.25, 0.3) is 0 Å². The Labute approximate surface area is 107 Å². The van der Waals surface area contributed by atoms with Crippen molar-refractivity contribution in [2.24, 2.45) is 0 Å². The highest BCUT2D eigenvalue weighted by Crippen LogP contribution is 2.13. The van der Waals surface area contributed by atoms with Crippen molar-refractivity contribution in [3.8, 4) is 0 Å². The van der Waals surface area contributed by atoms with E-state index < -0.39 is 0 Å². The standard InChI is InChI=1S/C16H28O/c1-5-14(4)10-8-11-15(6-2)12-9-13-16(17)7-3/h10,12H,5-9,11,13H2,1-4H3. The van der Waals surface area contributed by atoms with Gasteiger partial charge in [-0.3, -0.25) is 4.79 Å². The lowest BCUT2D eigenvalue weighted by Crippen LogP contribution is -1.93. The second-order valence-corrected chi connectivity index (χ2v) is 4.59. The van der Waals surface area contributed by atoms with Crippen LogP contribution in [0.15, 0.2) is 23.3 Å². The third-order valence-corrected chi connectivity index (χ3v) is 3.22. The maximum absolute atomic E-state index is 11.2. The fourth-order valence-electron chi connectivity index (χ4n) is 1.69. The Kier molecular flexibility index (Phi) is 9.80. The number of carbonyl (C=O) groups is 1. The van der Waals surface area contributed by atoms with E-state index in [0.717, 1.165) is 32.1 Å². The monoisotopic (exact) mass is 236 g/mol. The number of ketones is 1. The molecule has 0 amide bonds. The van der Waals surface area contributed by atoms with Gasteiger partial charge < -0.3 is 0 Å². The lowest BCUT2D eigenvalue weighted by molar-refractivity contribution is -0.118. The summed E-state index contributed by atoms with van der Waals surface area (Å²) in [4.78, 5) is 11.2. The highest BCUT2D eigenvalue weighted by Gasteiger charge is 1.98. The minimum Gasteiger partial charge on any atom is -0.300 e. The van der Waals surface area contributed by atoms with Crippen molar-refractivity contribution >= 4 is 5.78 Å². The Hall–Kier alpha value is -0.850. The quantitative estimate of drug-likeness (QED) is 0.502. The van der Waals surface area contributed by atoms with Gasteiger partial charge in [-0.1, -0.05) is 44.1 Å². The molecule has 0 aromatic heterocycles. The molecule has 0 rings (SSSR count). The van der Waals surface area contributed by atoms with E-state index in [1.165, 1.54) is 11.1 Å². The molecule has 0 aliphatic rings. The van der Waals surface area contributed by atoms with Crippen molar-refractivity contribution in [1.82, 2.24) is 0 Å². The average Bonchev–Trinajstić information content (AvgIpc) is 2.36. The fourth-order valence-corrected chi connectivity index (χ4v) is 1.69. The van der Waals surface area contributed by atoms with Crippen LogP contribution >= 0.6 is 0 Å². The van der Waals surface area contributed by atoms with Crippen molar-refractivity contribution in [3.05, 3.63) is 23.3 Å². The number of allylic oxidation sites excluding steroid dienone is 4. The van der Waals surface area contributed by atoms with Gasteiger partial charge in [-0.25, -0.2) is 0 Å². The molecule has 0 atom stereocenters. The van der Waals surface area contributed by atoms with Crippen molar-refractivity contribution in [2.45, 2.75) is 72.6 Å². The number of hydrogen-bond donors (Lipinski definition) is 0. The van der Waals surface area contributed by atoms with Crippen LogP contribution in [0.1, 0.15) is 72.6 Å². The van der Waals surface area contributed by atoms with Crippen LogP contribution in [0.4, 0.5) is 0 Å². The van der Waals surface area contributed by atoms with Gasteiger partial charge in [0.2, 0.25) is 0 Å². The predicted octanol–water partition coefficient (Wildman–Crippen LogP) is 5.22. The van der Waals surface area contributed by atoms with E-state index >= 15 is 0 Å². The van der Waals surface area contributed by atoms with Crippen LogP contribution in [0.3, 0.4) is 0 Å². The van der Waals surface area contributed by atoms with Crippen molar-refractivity contribution in [1.29, 1.82) is 0 Å². The van der Waals surface area contributed by atoms with Crippen molar-refractivity contribution < 1.29 is 4.79 Å². The van der Waals surface area contributed by atoms with Crippen LogP contribution in [0.5, 0.6) is 0 Å². The topological polar surface area (TPSA) is 17.1 Å². The smallest absolute Gasteiger partial charge is 0.132 e. The highest BCUT2D eigenvalue weighted by molar-refractivity contribution is 5.78. The van der Waals surface area contributed by atoms with Gasteiger partial charge in [0.05, 0.1) is 0 Å². The van der Waals surface area contributed by atoms with Crippen LogP contribution in [0.25, 0.3) is 0 Å². The lowest BCUT2D eigenvalue weighted by Gasteiger charge is -2.03. The van der Waals surface area contributed by atoms with Crippen LogP contribution in [0.2, 0.25) is 0 Å². The Balaban J connectivity index is 3.97. The molecule has 0 radical (unpaired) electrons. The minimum absolute atomic E-state index is 0.374. The Morgan fingerprint density at radius 1 is 0.882 bits per heavy atom. The number of hydrogen-bond acceptors (Lipinski definition) is 1. The zero-order valence-electron chi connectivity index (χ0n) is 12.0. The van der Waals surface area contributed by atoms with Gasteiger partial charge in [-0.2, -0.15) is 0 Å². The van der Waals surface area contributed by atoms with E-state index in [0.29, 0.717) is 18.6 Å². The second-order valence-electron chi connectivity index (χ2n) is 4.59. The molecule has 0 spiro atoms. The summed E-state index contributed by atoms with van der Waals surface area (Å²) in [5.74, 6) is 0.374. The van der Waals surface area contributed by atoms with Gasteiger partial charge in [-0.15, -0.1) is 0 Å². The zero-order valence-corrected chi connectivity index (χ0v) is 12.0. The van der Waals surface area contributed by atoms with E-state index in [-0.39, 0.29) is 0 Å². The Bertz CT molecular complexity index is 271. The van der Waals surface area contributed by atoms with Crippen LogP contribution in [-0.2, 0) is 4.79 Å². The van der Waals surface area contributed by atoms with Gasteiger partial charge in [0.1, 0.15) is 5.78 Å². The van der Waals surface area contributed by atoms with Gasteiger partial charge in [0.15, 0.2) is 0 Å².